The Morgan fingerprint density at radius 1 is 1.14 bits per heavy atom. The lowest BCUT2D eigenvalue weighted by Gasteiger charge is -2.24. The van der Waals surface area contributed by atoms with Crippen LogP contribution in [0.4, 0.5) is 17.3 Å². The molecular formula is C21H24N8. The molecule has 1 atom stereocenters. The minimum atomic E-state index is 0.284. The van der Waals surface area contributed by atoms with Gasteiger partial charge < -0.3 is 19.7 Å². The summed E-state index contributed by atoms with van der Waals surface area (Å²) in [6.07, 6.45) is 7.82. The minimum absolute atomic E-state index is 0.284. The number of anilines is 3. The molecule has 1 N–H and O–H groups in total. The number of aromatic nitrogens is 4. The maximum absolute atomic E-state index is 8.79. The van der Waals surface area contributed by atoms with Crippen molar-refractivity contribution in [3.8, 4) is 11.8 Å². The van der Waals surface area contributed by atoms with Gasteiger partial charge >= 0.3 is 0 Å². The molecule has 3 heterocycles. The fourth-order valence-corrected chi connectivity index (χ4v) is 3.54. The predicted octanol–water partition coefficient (Wildman–Crippen LogP) is 2.81. The van der Waals surface area contributed by atoms with Crippen LogP contribution in [0.5, 0.6) is 0 Å². The number of nitrogens with zero attached hydrogens (tertiary/aromatic N) is 7. The van der Waals surface area contributed by atoms with Gasteiger partial charge in [-0.1, -0.05) is 6.92 Å². The molecule has 3 aromatic rings. The van der Waals surface area contributed by atoms with Gasteiger partial charge in [0.1, 0.15) is 24.0 Å². The largest absolute Gasteiger partial charge is 0.370 e. The second-order valence-electron chi connectivity index (χ2n) is 7.17. The van der Waals surface area contributed by atoms with Crippen molar-refractivity contribution in [1.82, 2.24) is 24.4 Å². The van der Waals surface area contributed by atoms with E-state index in [1.54, 1.807) is 6.33 Å². The molecule has 1 aliphatic rings. The highest BCUT2D eigenvalue weighted by Crippen LogP contribution is 2.24. The second kappa shape index (κ2) is 8.29. The van der Waals surface area contributed by atoms with E-state index in [1.165, 1.54) is 24.5 Å². The Morgan fingerprint density at radius 2 is 1.93 bits per heavy atom. The van der Waals surface area contributed by atoms with Crippen LogP contribution in [0.15, 0.2) is 49.2 Å². The predicted molar refractivity (Wildman–Crippen MR) is 113 cm³/mol. The first-order valence-electron chi connectivity index (χ1n) is 9.75. The molecule has 29 heavy (non-hydrogen) atoms. The van der Waals surface area contributed by atoms with E-state index in [4.69, 9.17) is 5.26 Å². The van der Waals surface area contributed by atoms with Crippen LogP contribution in [0.3, 0.4) is 0 Å². The summed E-state index contributed by atoms with van der Waals surface area (Å²) in [4.78, 5) is 17.4. The Hall–Kier alpha value is -3.44. The Balaban J connectivity index is 1.41. The fourth-order valence-electron chi connectivity index (χ4n) is 3.54. The second-order valence-corrected chi connectivity index (χ2v) is 7.17. The third-order valence-corrected chi connectivity index (χ3v) is 5.40. The summed E-state index contributed by atoms with van der Waals surface area (Å²) in [5, 5.41) is 11.9. The van der Waals surface area contributed by atoms with E-state index in [9.17, 15) is 0 Å². The molecule has 2 aromatic heterocycles. The summed E-state index contributed by atoms with van der Waals surface area (Å²) in [6.45, 7) is 5.47. The van der Waals surface area contributed by atoms with Crippen molar-refractivity contribution in [3.63, 3.8) is 0 Å². The van der Waals surface area contributed by atoms with E-state index in [-0.39, 0.29) is 5.69 Å². The number of rotatable bonds is 6. The SMILES string of the molecule is CCN(C)[C@@H]1CCN(c2ccc(-n3cnc(Nc4cnc(C#N)cn4)c3)cc2)C1. The smallest absolute Gasteiger partial charge is 0.158 e. The third-order valence-electron chi connectivity index (χ3n) is 5.40. The maximum Gasteiger partial charge on any atom is 0.158 e. The molecule has 0 radical (unpaired) electrons. The summed E-state index contributed by atoms with van der Waals surface area (Å²) in [6, 6.07) is 11.1. The standard InChI is InChI=1S/C21H24N8/c1-3-27(2)19-8-9-28(13-19)17-4-6-18(7-5-17)29-14-21(25-15-29)26-20-12-23-16(10-22)11-24-20/h4-7,11-12,14-15,19H,3,8-9,13H2,1-2H3,(H,24,26)/t19-/m1/s1. The number of likely N-dealkylation sites (N-methyl/N-ethyl adjacent to an activating group) is 1. The quantitative estimate of drug-likeness (QED) is 0.695. The molecule has 8 nitrogen and oxygen atoms in total. The molecule has 1 aromatic carbocycles. The van der Waals surface area contributed by atoms with Crippen LogP contribution in [0.1, 0.15) is 19.0 Å². The first-order chi connectivity index (χ1) is 14.2. The monoisotopic (exact) mass is 388 g/mol. The maximum atomic E-state index is 8.79. The topological polar surface area (TPSA) is 85.9 Å². The highest BCUT2D eigenvalue weighted by molar-refractivity contribution is 5.54. The molecule has 0 spiro atoms. The highest BCUT2D eigenvalue weighted by Gasteiger charge is 2.25. The zero-order chi connectivity index (χ0) is 20.2. The van der Waals surface area contributed by atoms with Crippen LogP contribution >= 0.6 is 0 Å². The minimum Gasteiger partial charge on any atom is -0.370 e. The van der Waals surface area contributed by atoms with Crippen LogP contribution in [0.25, 0.3) is 5.69 Å². The Morgan fingerprint density at radius 3 is 2.62 bits per heavy atom. The molecule has 1 saturated heterocycles. The summed E-state index contributed by atoms with van der Waals surface area (Å²) >= 11 is 0. The lowest BCUT2D eigenvalue weighted by Crippen LogP contribution is -2.34. The first-order valence-corrected chi connectivity index (χ1v) is 9.75. The van der Waals surface area contributed by atoms with E-state index in [1.807, 2.05) is 16.8 Å². The summed E-state index contributed by atoms with van der Waals surface area (Å²) in [5.74, 6) is 1.21. The zero-order valence-electron chi connectivity index (χ0n) is 16.7. The molecule has 4 rings (SSSR count). The van der Waals surface area contributed by atoms with Gasteiger partial charge in [0, 0.05) is 30.5 Å². The van der Waals surface area contributed by atoms with Gasteiger partial charge in [-0.3, -0.25) is 0 Å². The molecule has 1 aliphatic heterocycles. The number of benzene rings is 1. The Labute approximate surface area is 170 Å². The summed E-state index contributed by atoms with van der Waals surface area (Å²) < 4.78 is 1.96. The summed E-state index contributed by atoms with van der Waals surface area (Å²) in [7, 11) is 2.20. The van der Waals surface area contributed by atoms with Crippen molar-refractivity contribution >= 4 is 17.3 Å². The van der Waals surface area contributed by atoms with Crippen molar-refractivity contribution in [2.75, 3.05) is 36.9 Å². The van der Waals surface area contributed by atoms with Gasteiger partial charge in [-0.05, 0) is 44.3 Å². The van der Waals surface area contributed by atoms with Gasteiger partial charge in [-0.2, -0.15) is 5.26 Å². The number of hydrogen-bond acceptors (Lipinski definition) is 7. The van der Waals surface area contributed by atoms with Gasteiger partial charge in [0.15, 0.2) is 5.69 Å². The van der Waals surface area contributed by atoms with Crippen molar-refractivity contribution < 1.29 is 0 Å². The molecular weight excluding hydrogens is 364 g/mol. The van der Waals surface area contributed by atoms with Crippen molar-refractivity contribution in [3.05, 3.63) is 54.9 Å². The van der Waals surface area contributed by atoms with Crippen LogP contribution in [0.2, 0.25) is 0 Å². The number of imidazole rings is 1. The lowest BCUT2D eigenvalue weighted by atomic mass is 10.2. The van der Waals surface area contributed by atoms with Gasteiger partial charge in [0.05, 0.1) is 18.6 Å². The lowest BCUT2D eigenvalue weighted by molar-refractivity contribution is 0.272. The molecule has 0 bridgehead atoms. The molecule has 0 aliphatic carbocycles. The molecule has 148 valence electrons. The third kappa shape index (κ3) is 4.20. The fraction of sp³-hybridized carbons (Fsp3) is 0.333. The summed E-state index contributed by atoms with van der Waals surface area (Å²) in [5.41, 5.74) is 2.58. The number of nitriles is 1. The van der Waals surface area contributed by atoms with Crippen molar-refractivity contribution in [1.29, 1.82) is 5.26 Å². The number of nitrogens with one attached hydrogen (secondary N) is 1. The Kier molecular flexibility index (Phi) is 5.40. The van der Waals surface area contributed by atoms with E-state index < -0.39 is 0 Å². The van der Waals surface area contributed by atoms with Crippen LogP contribution in [-0.4, -0.2) is 57.1 Å². The molecule has 0 amide bonds. The normalized spacial score (nSPS) is 16.2. The van der Waals surface area contributed by atoms with Crippen LogP contribution in [0, 0.1) is 11.3 Å². The Bertz CT molecular complexity index is 987. The van der Waals surface area contributed by atoms with Gasteiger partial charge in [-0.15, -0.1) is 0 Å². The van der Waals surface area contributed by atoms with Gasteiger partial charge in [0.25, 0.3) is 0 Å². The molecule has 8 heteroatoms. The van der Waals surface area contributed by atoms with Crippen LogP contribution in [-0.2, 0) is 0 Å². The van der Waals surface area contributed by atoms with E-state index in [2.05, 4.69) is 68.3 Å². The van der Waals surface area contributed by atoms with Gasteiger partial charge in [-0.25, -0.2) is 15.0 Å². The molecule has 1 fully saturated rings. The molecule has 0 saturated carbocycles. The average Bonchev–Trinajstić information content (AvgIpc) is 3.44. The zero-order valence-corrected chi connectivity index (χ0v) is 16.7. The molecule has 0 unspecified atom stereocenters. The van der Waals surface area contributed by atoms with Gasteiger partial charge in [0.2, 0.25) is 0 Å². The first kappa shape index (κ1) is 18.9. The number of hydrogen-bond donors (Lipinski definition) is 1. The van der Waals surface area contributed by atoms with Crippen molar-refractivity contribution in [2.45, 2.75) is 19.4 Å². The van der Waals surface area contributed by atoms with E-state index in [0.717, 1.165) is 25.3 Å². The average molecular weight is 388 g/mol. The van der Waals surface area contributed by atoms with Crippen LogP contribution < -0.4 is 10.2 Å². The highest BCUT2D eigenvalue weighted by atomic mass is 15.2. The van der Waals surface area contributed by atoms with E-state index in [0.29, 0.717) is 17.7 Å². The van der Waals surface area contributed by atoms with E-state index >= 15 is 0 Å². The van der Waals surface area contributed by atoms with Crippen molar-refractivity contribution in [2.24, 2.45) is 0 Å².